The lowest BCUT2D eigenvalue weighted by Crippen LogP contribution is -2.16. The third kappa shape index (κ3) is 2.82. The number of aliphatic hydroxyl groups is 2. The van der Waals surface area contributed by atoms with E-state index in [0.717, 1.165) is 0 Å². The maximum Gasteiger partial charge on any atom is 0.196 e. The van der Waals surface area contributed by atoms with Crippen molar-refractivity contribution in [1.82, 2.24) is 0 Å². The second-order valence-electron chi connectivity index (χ2n) is 4.35. The highest BCUT2D eigenvalue weighted by Crippen LogP contribution is 2.23. The van der Waals surface area contributed by atoms with Crippen LogP contribution in [0.1, 0.15) is 33.7 Å². The first kappa shape index (κ1) is 14.1. The Kier molecular flexibility index (Phi) is 4.40. The number of aldehydes is 1. The minimum Gasteiger partial charge on any atom is -0.381 e. The lowest BCUT2D eigenvalue weighted by atomic mass is 9.94. The number of hydrogen-bond donors (Lipinski definition) is 2. The molecule has 0 fully saturated rings. The van der Waals surface area contributed by atoms with E-state index < -0.39 is 18.0 Å². The topological polar surface area (TPSA) is 74.6 Å². The zero-order valence-electron chi connectivity index (χ0n) is 10.6. The van der Waals surface area contributed by atoms with E-state index >= 15 is 0 Å². The Bertz CT molecular complexity index is 607. The van der Waals surface area contributed by atoms with Crippen molar-refractivity contribution in [2.24, 2.45) is 0 Å². The molecule has 0 heterocycles. The molecule has 2 atom stereocenters. The van der Waals surface area contributed by atoms with Crippen LogP contribution in [-0.2, 0) is 4.79 Å². The summed E-state index contributed by atoms with van der Waals surface area (Å²) in [5.41, 5.74) is 0.804. The van der Waals surface area contributed by atoms with Crippen LogP contribution in [0, 0.1) is 0 Å². The molecular formula is C16H14O4. The number of carbonyl (C=O) groups is 2. The van der Waals surface area contributed by atoms with Crippen LogP contribution in [-0.4, -0.2) is 22.3 Å². The van der Waals surface area contributed by atoms with Gasteiger partial charge in [-0.25, -0.2) is 0 Å². The van der Waals surface area contributed by atoms with Crippen molar-refractivity contribution in [3.05, 3.63) is 71.3 Å². The van der Waals surface area contributed by atoms with E-state index in [4.69, 9.17) is 0 Å². The highest BCUT2D eigenvalue weighted by molar-refractivity contribution is 6.01. The van der Waals surface area contributed by atoms with Crippen molar-refractivity contribution < 1.29 is 19.8 Å². The Hall–Kier alpha value is -2.30. The van der Waals surface area contributed by atoms with Gasteiger partial charge in [-0.15, -0.1) is 0 Å². The largest absolute Gasteiger partial charge is 0.381 e. The smallest absolute Gasteiger partial charge is 0.196 e. The molecular weight excluding hydrogens is 256 g/mol. The van der Waals surface area contributed by atoms with E-state index in [1.807, 2.05) is 0 Å². The molecule has 2 N–H and O–H groups in total. The molecule has 0 saturated heterocycles. The second-order valence-corrected chi connectivity index (χ2v) is 4.35. The summed E-state index contributed by atoms with van der Waals surface area (Å²) >= 11 is 0. The van der Waals surface area contributed by atoms with Crippen LogP contribution in [0.5, 0.6) is 0 Å². The van der Waals surface area contributed by atoms with E-state index in [2.05, 4.69) is 0 Å². The fourth-order valence-electron chi connectivity index (χ4n) is 1.99. The number of aliphatic hydroxyl groups excluding tert-OH is 2. The average Bonchev–Trinajstić information content (AvgIpc) is 2.53. The lowest BCUT2D eigenvalue weighted by molar-refractivity contribution is -0.115. The summed E-state index contributed by atoms with van der Waals surface area (Å²) in [5, 5.41) is 19.7. The number of carbonyl (C=O) groups excluding carboxylic acids is 2. The maximum absolute atomic E-state index is 12.3. The highest BCUT2D eigenvalue weighted by Gasteiger charge is 2.23. The van der Waals surface area contributed by atoms with Crippen LogP contribution >= 0.6 is 0 Å². The summed E-state index contributed by atoms with van der Waals surface area (Å²) in [7, 11) is 0. The molecule has 0 aliphatic carbocycles. The van der Waals surface area contributed by atoms with Crippen molar-refractivity contribution in [1.29, 1.82) is 0 Å². The molecule has 0 aliphatic heterocycles. The Morgan fingerprint density at radius 1 is 0.950 bits per heavy atom. The van der Waals surface area contributed by atoms with Crippen LogP contribution in [0.15, 0.2) is 54.6 Å². The molecule has 0 amide bonds. The van der Waals surface area contributed by atoms with Gasteiger partial charge in [0, 0.05) is 5.56 Å². The normalized spacial score (nSPS) is 13.5. The minimum atomic E-state index is -1.38. The summed E-state index contributed by atoms with van der Waals surface area (Å²) in [5.74, 6) is -0.548. The predicted octanol–water partition coefficient (Wildman–Crippen LogP) is 1.84. The third-order valence-corrected chi connectivity index (χ3v) is 3.04. The van der Waals surface area contributed by atoms with Gasteiger partial charge in [-0.3, -0.25) is 4.79 Å². The van der Waals surface area contributed by atoms with Gasteiger partial charge in [-0.2, -0.15) is 0 Å². The molecule has 0 saturated carbocycles. The first-order valence-electron chi connectivity index (χ1n) is 6.14. The third-order valence-electron chi connectivity index (χ3n) is 3.04. The van der Waals surface area contributed by atoms with E-state index in [-0.39, 0.29) is 11.1 Å². The predicted molar refractivity (Wildman–Crippen MR) is 73.2 cm³/mol. The molecule has 0 aliphatic rings. The zero-order chi connectivity index (χ0) is 14.5. The number of hydrogen-bond acceptors (Lipinski definition) is 4. The van der Waals surface area contributed by atoms with Crippen LogP contribution < -0.4 is 0 Å². The van der Waals surface area contributed by atoms with E-state index in [0.29, 0.717) is 11.8 Å². The standard InChI is InChI=1S/C16H14O4/c17-10-14(18)12-8-4-5-9-13(12)16(20)15(19)11-6-2-1-3-7-11/h1-10,14-15,18-19H. The van der Waals surface area contributed by atoms with Crippen LogP contribution in [0.3, 0.4) is 0 Å². The van der Waals surface area contributed by atoms with Gasteiger partial charge in [0.15, 0.2) is 12.1 Å². The molecule has 0 spiro atoms. The van der Waals surface area contributed by atoms with Crippen molar-refractivity contribution in [3.63, 3.8) is 0 Å². The van der Waals surface area contributed by atoms with Gasteiger partial charge in [-0.05, 0) is 11.1 Å². The fourth-order valence-corrected chi connectivity index (χ4v) is 1.99. The van der Waals surface area contributed by atoms with Crippen LogP contribution in [0.25, 0.3) is 0 Å². The monoisotopic (exact) mass is 270 g/mol. The van der Waals surface area contributed by atoms with Gasteiger partial charge in [0.05, 0.1) is 0 Å². The number of ketones is 1. The number of rotatable bonds is 5. The second kappa shape index (κ2) is 6.23. The van der Waals surface area contributed by atoms with Crippen molar-refractivity contribution in [2.45, 2.75) is 12.2 Å². The lowest BCUT2D eigenvalue weighted by Gasteiger charge is -2.14. The Morgan fingerprint density at radius 3 is 2.20 bits per heavy atom. The highest BCUT2D eigenvalue weighted by atomic mass is 16.3. The van der Waals surface area contributed by atoms with E-state index in [1.54, 1.807) is 42.5 Å². The zero-order valence-corrected chi connectivity index (χ0v) is 10.6. The van der Waals surface area contributed by atoms with Gasteiger partial charge in [0.2, 0.25) is 0 Å². The van der Waals surface area contributed by atoms with Gasteiger partial charge in [0.1, 0.15) is 12.2 Å². The first-order valence-corrected chi connectivity index (χ1v) is 6.14. The van der Waals surface area contributed by atoms with Crippen molar-refractivity contribution in [2.75, 3.05) is 0 Å². The number of benzene rings is 2. The SMILES string of the molecule is O=CC(O)c1ccccc1C(=O)C(O)c1ccccc1. The van der Waals surface area contributed by atoms with Crippen LogP contribution in [0.2, 0.25) is 0 Å². The molecule has 2 rings (SSSR count). The first-order chi connectivity index (χ1) is 9.65. The summed E-state index contributed by atoms with van der Waals surface area (Å²) in [6, 6.07) is 14.7. The van der Waals surface area contributed by atoms with Gasteiger partial charge in [0.25, 0.3) is 0 Å². The summed E-state index contributed by atoms with van der Waals surface area (Å²) in [6.45, 7) is 0. The van der Waals surface area contributed by atoms with Crippen molar-refractivity contribution >= 4 is 12.1 Å². The molecule has 4 nitrogen and oxygen atoms in total. The summed E-state index contributed by atoms with van der Waals surface area (Å²) in [6.07, 6.45) is -2.35. The molecule has 0 radical (unpaired) electrons. The molecule has 102 valence electrons. The van der Waals surface area contributed by atoms with Gasteiger partial charge in [-0.1, -0.05) is 54.6 Å². The maximum atomic E-state index is 12.3. The van der Waals surface area contributed by atoms with Gasteiger partial charge >= 0.3 is 0 Å². The van der Waals surface area contributed by atoms with E-state index in [9.17, 15) is 19.8 Å². The average molecular weight is 270 g/mol. The molecule has 20 heavy (non-hydrogen) atoms. The fraction of sp³-hybridized carbons (Fsp3) is 0.125. The van der Waals surface area contributed by atoms with Gasteiger partial charge < -0.3 is 15.0 Å². The number of Topliss-reactive ketones (excluding diaryl/α,β-unsaturated/α-hetero) is 1. The Labute approximate surface area is 116 Å². The van der Waals surface area contributed by atoms with Crippen LogP contribution in [0.4, 0.5) is 0 Å². The Balaban J connectivity index is 2.37. The molecule has 2 aromatic rings. The molecule has 2 aromatic carbocycles. The van der Waals surface area contributed by atoms with Crippen molar-refractivity contribution in [3.8, 4) is 0 Å². The van der Waals surface area contributed by atoms with E-state index in [1.165, 1.54) is 12.1 Å². The molecule has 0 bridgehead atoms. The summed E-state index contributed by atoms with van der Waals surface area (Å²) in [4.78, 5) is 23.0. The minimum absolute atomic E-state index is 0.142. The Morgan fingerprint density at radius 2 is 1.55 bits per heavy atom. The quantitative estimate of drug-likeness (QED) is 0.642. The molecule has 0 aromatic heterocycles. The molecule has 4 heteroatoms. The molecule has 2 unspecified atom stereocenters. The summed E-state index contributed by atoms with van der Waals surface area (Å²) < 4.78 is 0.